The van der Waals surface area contributed by atoms with E-state index in [1.165, 1.54) is 0 Å². The molecular weight excluding hydrogens is 178 g/mol. The lowest BCUT2D eigenvalue weighted by atomic mass is 9.91. The smallest absolute Gasteiger partial charge is 0.0741 e. The average molecular weight is 201 g/mol. The van der Waals surface area contributed by atoms with Crippen LogP contribution >= 0.6 is 0 Å². The summed E-state index contributed by atoms with van der Waals surface area (Å²) in [5.74, 6) is 0. The van der Waals surface area contributed by atoms with Crippen LogP contribution < -0.4 is 5.32 Å². The molecule has 0 bridgehead atoms. The van der Waals surface area contributed by atoms with Crippen LogP contribution in [-0.2, 0) is 0 Å². The minimum Gasteiger partial charge on any atom is -0.393 e. The quantitative estimate of drug-likeness (QED) is 0.639. The molecule has 0 aromatic rings. The summed E-state index contributed by atoms with van der Waals surface area (Å²) in [6.07, 6.45) is 3.70. The summed E-state index contributed by atoms with van der Waals surface area (Å²) in [5, 5.41) is 22.5. The van der Waals surface area contributed by atoms with Crippen LogP contribution in [0.25, 0.3) is 0 Å². The predicted octanol–water partition coefficient (Wildman–Crippen LogP) is 1.04. The SMILES string of the molecule is CC(NC1CCC(O)CC1)C(C)(C)O. The summed E-state index contributed by atoms with van der Waals surface area (Å²) in [7, 11) is 0. The molecule has 1 rings (SSSR count). The van der Waals surface area contributed by atoms with E-state index in [0.29, 0.717) is 6.04 Å². The molecule has 0 saturated heterocycles. The third-order valence-corrected chi connectivity index (χ3v) is 3.24. The molecule has 1 aliphatic rings. The van der Waals surface area contributed by atoms with Gasteiger partial charge in [-0.3, -0.25) is 0 Å². The predicted molar refractivity (Wildman–Crippen MR) is 57.2 cm³/mol. The summed E-state index contributed by atoms with van der Waals surface area (Å²) < 4.78 is 0. The highest BCUT2D eigenvalue weighted by Crippen LogP contribution is 2.20. The zero-order valence-electron chi connectivity index (χ0n) is 9.45. The van der Waals surface area contributed by atoms with Gasteiger partial charge in [-0.25, -0.2) is 0 Å². The normalized spacial score (nSPS) is 31.5. The zero-order chi connectivity index (χ0) is 10.8. The number of nitrogens with one attached hydrogen (secondary N) is 1. The van der Waals surface area contributed by atoms with Gasteiger partial charge in [-0.15, -0.1) is 0 Å². The third-order valence-electron chi connectivity index (χ3n) is 3.24. The van der Waals surface area contributed by atoms with Crippen molar-refractivity contribution >= 4 is 0 Å². The van der Waals surface area contributed by atoms with E-state index < -0.39 is 5.60 Å². The lowest BCUT2D eigenvalue weighted by Gasteiger charge is -2.34. The molecule has 0 amide bonds. The van der Waals surface area contributed by atoms with Crippen molar-refractivity contribution in [3.05, 3.63) is 0 Å². The molecule has 0 spiro atoms. The van der Waals surface area contributed by atoms with Crippen molar-refractivity contribution in [3.8, 4) is 0 Å². The van der Waals surface area contributed by atoms with E-state index >= 15 is 0 Å². The number of hydrogen-bond acceptors (Lipinski definition) is 3. The van der Waals surface area contributed by atoms with E-state index in [4.69, 9.17) is 0 Å². The second-order valence-corrected chi connectivity index (χ2v) is 5.05. The van der Waals surface area contributed by atoms with Gasteiger partial charge in [0, 0.05) is 12.1 Å². The molecule has 1 aliphatic carbocycles. The largest absolute Gasteiger partial charge is 0.393 e. The van der Waals surface area contributed by atoms with Gasteiger partial charge >= 0.3 is 0 Å². The third kappa shape index (κ3) is 3.56. The van der Waals surface area contributed by atoms with Crippen LogP contribution in [0, 0.1) is 0 Å². The van der Waals surface area contributed by atoms with Gasteiger partial charge in [0.25, 0.3) is 0 Å². The maximum Gasteiger partial charge on any atom is 0.0741 e. The summed E-state index contributed by atoms with van der Waals surface area (Å²) in [4.78, 5) is 0. The molecule has 14 heavy (non-hydrogen) atoms. The molecule has 1 unspecified atom stereocenters. The molecule has 3 heteroatoms. The van der Waals surface area contributed by atoms with Crippen molar-refractivity contribution < 1.29 is 10.2 Å². The Labute approximate surface area is 86.5 Å². The van der Waals surface area contributed by atoms with E-state index in [0.717, 1.165) is 25.7 Å². The Kier molecular flexibility index (Phi) is 3.93. The van der Waals surface area contributed by atoms with Crippen LogP contribution in [0.4, 0.5) is 0 Å². The Morgan fingerprint density at radius 1 is 1.21 bits per heavy atom. The van der Waals surface area contributed by atoms with Gasteiger partial charge < -0.3 is 15.5 Å². The molecule has 1 atom stereocenters. The van der Waals surface area contributed by atoms with Gasteiger partial charge in [0.05, 0.1) is 11.7 Å². The first-order chi connectivity index (χ1) is 6.39. The monoisotopic (exact) mass is 201 g/mol. The van der Waals surface area contributed by atoms with Crippen LogP contribution in [0.5, 0.6) is 0 Å². The Balaban J connectivity index is 2.31. The second-order valence-electron chi connectivity index (χ2n) is 5.05. The molecule has 3 N–H and O–H groups in total. The van der Waals surface area contributed by atoms with E-state index in [2.05, 4.69) is 5.32 Å². The molecule has 0 aliphatic heterocycles. The molecule has 0 aromatic carbocycles. The topological polar surface area (TPSA) is 52.5 Å². The molecule has 84 valence electrons. The number of rotatable bonds is 3. The maximum atomic E-state index is 9.76. The molecule has 0 heterocycles. The van der Waals surface area contributed by atoms with Crippen LogP contribution in [-0.4, -0.2) is 34.0 Å². The number of hydrogen-bond donors (Lipinski definition) is 3. The first-order valence-electron chi connectivity index (χ1n) is 5.56. The Hall–Kier alpha value is -0.120. The summed E-state index contributed by atoms with van der Waals surface area (Å²) >= 11 is 0. The van der Waals surface area contributed by atoms with E-state index in [9.17, 15) is 10.2 Å². The minimum absolute atomic E-state index is 0.0998. The second kappa shape index (κ2) is 4.60. The fraction of sp³-hybridized carbons (Fsp3) is 1.00. The summed E-state index contributed by atoms with van der Waals surface area (Å²) in [5.41, 5.74) is -0.671. The standard InChI is InChI=1S/C11H23NO2/c1-8(11(2,3)14)12-9-4-6-10(13)7-5-9/h8-10,12-14H,4-7H2,1-3H3. The Bertz CT molecular complexity index is 169. The summed E-state index contributed by atoms with van der Waals surface area (Å²) in [6, 6.07) is 0.558. The van der Waals surface area contributed by atoms with Crippen LogP contribution in [0.1, 0.15) is 46.5 Å². The van der Waals surface area contributed by atoms with Crippen molar-refractivity contribution in [2.75, 3.05) is 0 Å². The highest BCUT2D eigenvalue weighted by molar-refractivity contribution is 4.85. The van der Waals surface area contributed by atoms with Crippen molar-refractivity contribution in [1.82, 2.24) is 5.32 Å². The van der Waals surface area contributed by atoms with Crippen molar-refractivity contribution in [2.45, 2.75) is 70.2 Å². The van der Waals surface area contributed by atoms with Gasteiger partial charge in [-0.2, -0.15) is 0 Å². The maximum absolute atomic E-state index is 9.76. The van der Waals surface area contributed by atoms with Gasteiger partial charge in [0.2, 0.25) is 0 Å². The zero-order valence-corrected chi connectivity index (χ0v) is 9.45. The highest BCUT2D eigenvalue weighted by Gasteiger charge is 2.26. The van der Waals surface area contributed by atoms with Gasteiger partial charge in [-0.05, 0) is 46.5 Å². The fourth-order valence-corrected chi connectivity index (χ4v) is 1.80. The molecule has 3 nitrogen and oxygen atoms in total. The average Bonchev–Trinajstić information content (AvgIpc) is 2.07. The first-order valence-corrected chi connectivity index (χ1v) is 5.56. The first kappa shape index (κ1) is 12.0. The lowest BCUT2D eigenvalue weighted by Crippen LogP contribution is -2.50. The lowest BCUT2D eigenvalue weighted by molar-refractivity contribution is 0.0331. The van der Waals surface area contributed by atoms with Crippen molar-refractivity contribution in [2.24, 2.45) is 0 Å². The van der Waals surface area contributed by atoms with Crippen LogP contribution in [0.15, 0.2) is 0 Å². The Morgan fingerprint density at radius 2 is 1.71 bits per heavy atom. The van der Waals surface area contributed by atoms with E-state index in [1.54, 1.807) is 0 Å². The summed E-state index contributed by atoms with van der Waals surface area (Å²) in [6.45, 7) is 5.65. The van der Waals surface area contributed by atoms with E-state index in [-0.39, 0.29) is 12.1 Å². The molecule has 1 saturated carbocycles. The molecule has 0 aromatic heterocycles. The number of aliphatic hydroxyl groups is 2. The number of aliphatic hydroxyl groups excluding tert-OH is 1. The molecule has 0 radical (unpaired) electrons. The molecular formula is C11H23NO2. The van der Waals surface area contributed by atoms with E-state index in [1.807, 2.05) is 20.8 Å². The van der Waals surface area contributed by atoms with Crippen molar-refractivity contribution in [1.29, 1.82) is 0 Å². The van der Waals surface area contributed by atoms with Gasteiger partial charge in [0.15, 0.2) is 0 Å². The van der Waals surface area contributed by atoms with Gasteiger partial charge in [-0.1, -0.05) is 0 Å². The minimum atomic E-state index is -0.671. The van der Waals surface area contributed by atoms with Crippen LogP contribution in [0.2, 0.25) is 0 Å². The molecule has 1 fully saturated rings. The van der Waals surface area contributed by atoms with Crippen LogP contribution in [0.3, 0.4) is 0 Å². The van der Waals surface area contributed by atoms with Gasteiger partial charge in [0.1, 0.15) is 0 Å². The fourth-order valence-electron chi connectivity index (χ4n) is 1.80. The van der Waals surface area contributed by atoms with Crippen molar-refractivity contribution in [3.63, 3.8) is 0 Å². The highest BCUT2D eigenvalue weighted by atomic mass is 16.3. The Morgan fingerprint density at radius 3 is 2.14 bits per heavy atom.